The summed E-state index contributed by atoms with van der Waals surface area (Å²) in [5.41, 5.74) is 0.838. The predicted molar refractivity (Wildman–Crippen MR) is 93.5 cm³/mol. The third-order valence-electron chi connectivity index (χ3n) is 4.18. The molecule has 4 nitrogen and oxygen atoms in total. The van der Waals surface area contributed by atoms with Crippen molar-refractivity contribution in [3.05, 3.63) is 30.3 Å². The molecule has 1 N–H and O–H groups in total. The van der Waals surface area contributed by atoms with Gasteiger partial charge in [-0.05, 0) is 25.0 Å². The van der Waals surface area contributed by atoms with E-state index >= 15 is 0 Å². The molecule has 0 spiro atoms. The van der Waals surface area contributed by atoms with E-state index < -0.39 is 0 Å². The van der Waals surface area contributed by atoms with Crippen molar-refractivity contribution in [3.8, 4) is 0 Å². The number of aliphatic imine (C=N–C) groups is 1. The van der Waals surface area contributed by atoms with Crippen molar-refractivity contribution in [2.45, 2.75) is 50.3 Å². The number of anilines is 1. The summed E-state index contributed by atoms with van der Waals surface area (Å²) in [4.78, 5) is 19.3. The Balaban J connectivity index is 1.76. The molecule has 0 bridgehead atoms. The molecule has 5 heteroatoms. The summed E-state index contributed by atoms with van der Waals surface area (Å²) in [6.07, 6.45) is 5.84. The van der Waals surface area contributed by atoms with Crippen molar-refractivity contribution in [2.24, 2.45) is 4.99 Å². The quantitative estimate of drug-likeness (QED) is 0.881. The van der Waals surface area contributed by atoms with Gasteiger partial charge in [0.1, 0.15) is 0 Å². The zero-order valence-corrected chi connectivity index (χ0v) is 13.8. The second-order valence-electron chi connectivity index (χ2n) is 6.01. The molecular weight excluding hydrogens is 294 g/mol. The first-order chi connectivity index (χ1) is 10.7. The van der Waals surface area contributed by atoms with Crippen LogP contribution in [0.4, 0.5) is 10.5 Å². The molecule has 1 atom stereocenters. The van der Waals surface area contributed by atoms with E-state index in [1.165, 1.54) is 19.3 Å². The highest BCUT2D eigenvalue weighted by Gasteiger charge is 2.32. The highest BCUT2D eigenvalue weighted by Crippen LogP contribution is 2.30. The molecule has 22 heavy (non-hydrogen) atoms. The fraction of sp³-hybridized carbons (Fsp3) is 0.529. The number of carbonyl (C=O) groups is 1. The zero-order chi connectivity index (χ0) is 15.4. The first-order valence-corrected chi connectivity index (χ1v) is 8.98. The topological polar surface area (TPSA) is 44.7 Å². The smallest absolute Gasteiger partial charge is 0.307 e. The van der Waals surface area contributed by atoms with Gasteiger partial charge in [0.2, 0.25) is 0 Å². The van der Waals surface area contributed by atoms with Gasteiger partial charge in [0, 0.05) is 17.0 Å². The van der Waals surface area contributed by atoms with E-state index in [1.54, 1.807) is 11.8 Å². The van der Waals surface area contributed by atoms with Crippen LogP contribution in [0.1, 0.15) is 39.0 Å². The number of thioether (sulfide) groups is 1. The number of hydrogen-bond donors (Lipinski definition) is 1. The summed E-state index contributed by atoms with van der Waals surface area (Å²) >= 11 is 1.72. The Labute approximate surface area is 136 Å². The largest absolute Gasteiger partial charge is 0.328 e. The number of amides is 2. The highest BCUT2D eigenvalue weighted by molar-refractivity contribution is 8.14. The van der Waals surface area contributed by atoms with Crippen LogP contribution in [0, 0.1) is 0 Å². The van der Waals surface area contributed by atoms with Gasteiger partial charge >= 0.3 is 6.03 Å². The first-order valence-electron chi connectivity index (χ1n) is 8.10. The lowest BCUT2D eigenvalue weighted by Crippen LogP contribution is -2.46. The maximum absolute atomic E-state index is 12.8. The number of amidine groups is 1. The van der Waals surface area contributed by atoms with Gasteiger partial charge in [-0.1, -0.05) is 56.1 Å². The molecule has 0 aromatic heterocycles. The number of nitrogens with one attached hydrogen (secondary N) is 1. The first kappa shape index (κ1) is 15.4. The summed E-state index contributed by atoms with van der Waals surface area (Å²) in [6.45, 7) is 2.97. The fourth-order valence-electron chi connectivity index (χ4n) is 3.05. The average Bonchev–Trinajstić information content (AvgIpc) is 2.95. The molecule has 1 saturated carbocycles. The third-order valence-corrected chi connectivity index (χ3v) is 5.27. The van der Waals surface area contributed by atoms with E-state index in [0.29, 0.717) is 5.25 Å². The number of carbonyl (C=O) groups excluding carboxylic acids is 1. The Morgan fingerprint density at radius 3 is 2.59 bits per heavy atom. The Morgan fingerprint density at radius 2 is 1.95 bits per heavy atom. The second-order valence-corrected chi connectivity index (χ2v) is 7.42. The summed E-state index contributed by atoms with van der Waals surface area (Å²) in [5, 5.41) is 4.38. The van der Waals surface area contributed by atoms with E-state index in [4.69, 9.17) is 0 Å². The molecule has 1 aliphatic heterocycles. The van der Waals surface area contributed by atoms with E-state index in [9.17, 15) is 4.79 Å². The van der Waals surface area contributed by atoms with Crippen LogP contribution in [0.3, 0.4) is 0 Å². The number of urea groups is 1. The van der Waals surface area contributed by atoms with Crippen molar-refractivity contribution >= 4 is 28.6 Å². The van der Waals surface area contributed by atoms with E-state index in [-0.39, 0.29) is 12.1 Å². The summed E-state index contributed by atoms with van der Waals surface area (Å²) < 4.78 is 0. The fourth-order valence-corrected chi connectivity index (χ4v) is 4.05. The van der Waals surface area contributed by atoms with Crippen LogP contribution in [-0.2, 0) is 0 Å². The van der Waals surface area contributed by atoms with Crippen molar-refractivity contribution in [3.63, 3.8) is 0 Å². The van der Waals surface area contributed by atoms with Crippen LogP contribution in [0.2, 0.25) is 0 Å². The molecule has 0 unspecified atom stereocenters. The van der Waals surface area contributed by atoms with E-state index in [0.717, 1.165) is 30.2 Å². The van der Waals surface area contributed by atoms with Crippen molar-refractivity contribution < 1.29 is 4.79 Å². The van der Waals surface area contributed by atoms with E-state index in [2.05, 4.69) is 17.2 Å². The third kappa shape index (κ3) is 3.64. The Bertz CT molecular complexity index is 540. The number of hydrogen-bond acceptors (Lipinski definition) is 3. The summed E-state index contributed by atoms with van der Waals surface area (Å²) in [5.74, 6) is 0. The van der Waals surface area contributed by atoms with Gasteiger partial charge < -0.3 is 5.32 Å². The van der Waals surface area contributed by atoms with Gasteiger partial charge in [0.05, 0.1) is 6.54 Å². The van der Waals surface area contributed by atoms with Crippen molar-refractivity contribution in [1.29, 1.82) is 0 Å². The average molecular weight is 317 g/mol. The minimum atomic E-state index is -0.0431. The Kier molecular flexibility index (Phi) is 5.03. The molecule has 0 radical (unpaired) electrons. The molecule has 3 rings (SSSR count). The molecule has 1 aliphatic carbocycles. The van der Waals surface area contributed by atoms with Crippen LogP contribution >= 0.6 is 11.8 Å². The lowest BCUT2D eigenvalue weighted by atomic mass is 9.94. The van der Waals surface area contributed by atoms with Crippen LogP contribution in [0.5, 0.6) is 0 Å². The molecule has 1 aromatic carbocycles. The maximum Gasteiger partial charge on any atom is 0.328 e. The van der Waals surface area contributed by atoms with Crippen molar-refractivity contribution in [1.82, 2.24) is 4.90 Å². The van der Waals surface area contributed by atoms with Crippen LogP contribution < -0.4 is 5.32 Å². The summed E-state index contributed by atoms with van der Waals surface area (Å²) in [7, 11) is 0. The second kappa shape index (κ2) is 7.18. The number of para-hydroxylation sites is 1. The van der Waals surface area contributed by atoms with Gasteiger partial charge in [-0.25, -0.2) is 4.79 Å². The SMILES string of the molecule is C[C@@H]1CN=C(N(C(=O)Nc2ccccc2)C2CCCCC2)S1. The molecule has 1 aromatic rings. The van der Waals surface area contributed by atoms with Gasteiger partial charge in [-0.3, -0.25) is 9.89 Å². The molecule has 2 amide bonds. The number of benzene rings is 1. The van der Waals surface area contributed by atoms with Crippen LogP contribution in [0.25, 0.3) is 0 Å². The maximum atomic E-state index is 12.8. The molecule has 1 fully saturated rings. The van der Waals surface area contributed by atoms with Crippen LogP contribution in [0.15, 0.2) is 35.3 Å². The predicted octanol–water partition coefficient (Wildman–Crippen LogP) is 4.34. The number of rotatable bonds is 2. The van der Waals surface area contributed by atoms with Gasteiger partial charge in [-0.2, -0.15) is 0 Å². The van der Waals surface area contributed by atoms with Crippen LogP contribution in [-0.4, -0.2) is 33.9 Å². The van der Waals surface area contributed by atoms with Gasteiger partial charge in [-0.15, -0.1) is 0 Å². The van der Waals surface area contributed by atoms with Gasteiger partial charge in [0.15, 0.2) is 5.17 Å². The molecular formula is C17H23N3OS. The molecule has 0 saturated heterocycles. The Hall–Kier alpha value is -1.49. The highest BCUT2D eigenvalue weighted by atomic mass is 32.2. The lowest BCUT2D eigenvalue weighted by Gasteiger charge is -2.33. The van der Waals surface area contributed by atoms with E-state index in [1.807, 2.05) is 35.2 Å². The standard InChI is InChI=1S/C17H23N3OS/c1-13-12-18-17(22-13)20(15-10-6-3-7-11-15)16(21)19-14-8-4-2-5-9-14/h2,4-5,8-9,13,15H,3,6-7,10-12H2,1H3,(H,19,21)/t13-/m1/s1. The zero-order valence-electron chi connectivity index (χ0n) is 13.0. The minimum Gasteiger partial charge on any atom is -0.307 e. The molecule has 118 valence electrons. The van der Waals surface area contributed by atoms with Gasteiger partial charge in [0.25, 0.3) is 0 Å². The minimum absolute atomic E-state index is 0.0431. The summed E-state index contributed by atoms with van der Waals surface area (Å²) in [6, 6.07) is 9.90. The van der Waals surface area contributed by atoms with Crippen molar-refractivity contribution in [2.75, 3.05) is 11.9 Å². The molecule has 2 aliphatic rings. The lowest BCUT2D eigenvalue weighted by molar-refractivity contribution is 0.209. The number of nitrogens with zero attached hydrogens (tertiary/aromatic N) is 2. The Morgan fingerprint density at radius 1 is 1.23 bits per heavy atom. The normalized spacial score (nSPS) is 22.2. The monoisotopic (exact) mass is 317 g/mol. The molecule has 1 heterocycles.